The lowest BCUT2D eigenvalue weighted by Crippen LogP contribution is -2.40. The van der Waals surface area contributed by atoms with E-state index in [9.17, 15) is 9.59 Å². The SMILES string of the molecule is COC(=O)[C@H]1CCC[C@H](NC(=O)CCc2ccco2)C1. The van der Waals surface area contributed by atoms with Gasteiger partial charge in [0.25, 0.3) is 0 Å². The maximum atomic E-state index is 11.9. The number of carbonyl (C=O) groups excluding carboxylic acids is 2. The normalized spacial score (nSPS) is 22.2. The predicted molar refractivity (Wildman–Crippen MR) is 72.9 cm³/mol. The Kier molecular flexibility index (Phi) is 5.21. The molecule has 0 aromatic carbocycles. The lowest BCUT2D eigenvalue weighted by molar-refractivity contribution is -0.147. The summed E-state index contributed by atoms with van der Waals surface area (Å²) in [5.74, 6) is 0.580. The molecule has 0 saturated heterocycles. The van der Waals surface area contributed by atoms with Crippen LogP contribution in [0.4, 0.5) is 0 Å². The molecule has 20 heavy (non-hydrogen) atoms. The Balaban J connectivity index is 1.74. The smallest absolute Gasteiger partial charge is 0.308 e. The number of nitrogens with one attached hydrogen (secondary N) is 1. The fourth-order valence-corrected chi connectivity index (χ4v) is 2.69. The van der Waals surface area contributed by atoms with Gasteiger partial charge in [0.2, 0.25) is 5.91 Å². The first-order chi connectivity index (χ1) is 9.69. The van der Waals surface area contributed by atoms with Gasteiger partial charge in [-0.3, -0.25) is 9.59 Å². The quantitative estimate of drug-likeness (QED) is 0.838. The summed E-state index contributed by atoms with van der Waals surface area (Å²) < 4.78 is 9.97. The van der Waals surface area contributed by atoms with E-state index < -0.39 is 0 Å². The van der Waals surface area contributed by atoms with E-state index in [1.807, 2.05) is 12.1 Å². The van der Waals surface area contributed by atoms with Gasteiger partial charge in [0.15, 0.2) is 0 Å². The van der Waals surface area contributed by atoms with Gasteiger partial charge in [-0.2, -0.15) is 0 Å². The highest BCUT2D eigenvalue weighted by Crippen LogP contribution is 2.25. The highest BCUT2D eigenvalue weighted by Gasteiger charge is 2.28. The predicted octanol–water partition coefficient (Wildman–Crippen LogP) is 2.06. The summed E-state index contributed by atoms with van der Waals surface area (Å²) in [5, 5.41) is 3.00. The Morgan fingerprint density at radius 3 is 3.00 bits per heavy atom. The molecule has 1 aromatic heterocycles. The third kappa shape index (κ3) is 4.11. The molecule has 1 aliphatic rings. The van der Waals surface area contributed by atoms with Gasteiger partial charge < -0.3 is 14.5 Å². The van der Waals surface area contributed by atoms with Gasteiger partial charge in [0.05, 0.1) is 19.3 Å². The highest BCUT2D eigenvalue weighted by molar-refractivity contribution is 5.77. The lowest BCUT2D eigenvalue weighted by atomic mass is 9.85. The van der Waals surface area contributed by atoms with Crippen LogP contribution in [-0.2, 0) is 20.7 Å². The van der Waals surface area contributed by atoms with Crippen LogP contribution in [0.25, 0.3) is 0 Å². The van der Waals surface area contributed by atoms with E-state index >= 15 is 0 Å². The minimum absolute atomic E-state index is 0.0110. The number of methoxy groups -OCH3 is 1. The second kappa shape index (κ2) is 7.12. The number of carbonyl (C=O) groups is 2. The molecule has 1 amide bonds. The van der Waals surface area contributed by atoms with E-state index in [0.29, 0.717) is 19.3 Å². The van der Waals surface area contributed by atoms with Crippen LogP contribution in [0.15, 0.2) is 22.8 Å². The molecule has 1 N–H and O–H groups in total. The molecule has 0 radical (unpaired) electrons. The number of amides is 1. The van der Waals surface area contributed by atoms with Crippen molar-refractivity contribution in [1.29, 1.82) is 0 Å². The molecule has 0 bridgehead atoms. The van der Waals surface area contributed by atoms with Crippen LogP contribution in [-0.4, -0.2) is 25.0 Å². The highest BCUT2D eigenvalue weighted by atomic mass is 16.5. The Hall–Kier alpha value is -1.78. The maximum absolute atomic E-state index is 11.9. The third-order valence-electron chi connectivity index (χ3n) is 3.75. The molecule has 0 spiro atoms. The van der Waals surface area contributed by atoms with E-state index in [0.717, 1.165) is 25.0 Å². The van der Waals surface area contributed by atoms with Crippen LogP contribution in [0.1, 0.15) is 37.9 Å². The minimum Gasteiger partial charge on any atom is -0.469 e. The molecule has 0 unspecified atom stereocenters. The van der Waals surface area contributed by atoms with E-state index in [4.69, 9.17) is 9.15 Å². The van der Waals surface area contributed by atoms with Crippen molar-refractivity contribution in [2.75, 3.05) is 7.11 Å². The van der Waals surface area contributed by atoms with Crippen molar-refractivity contribution in [3.8, 4) is 0 Å². The molecule has 2 atom stereocenters. The number of hydrogen-bond acceptors (Lipinski definition) is 4. The van der Waals surface area contributed by atoms with Gasteiger partial charge in [-0.05, 0) is 31.4 Å². The van der Waals surface area contributed by atoms with Crippen molar-refractivity contribution in [3.63, 3.8) is 0 Å². The number of aryl methyl sites for hydroxylation is 1. The van der Waals surface area contributed by atoms with Crippen molar-refractivity contribution < 1.29 is 18.7 Å². The van der Waals surface area contributed by atoms with Crippen molar-refractivity contribution in [3.05, 3.63) is 24.2 Å². The summed E-state index contributed by atoms with van der Waals surface area (Å²) in [6, 6.07) is 3.76. The van der Waals surface area contributed by atoms with Crippen LogP contribution in [0, 0.1) is 5.92 Å². The van der Waals surface area contributed by atoms with Gasteiger partial charge >= 0.3 is 5.97 Å². The summed E-state index contributed by atoms with van der Waals surface area (Å²) in [6.45, 7) is 0. The Bertz CT molecular complexity index is 441. The van der Waals surface area contributed by atoms with E-state index in [2.05, 4.69) is 5.32 Å². The second-order valence-corrected chi connectivity index (χ2v) is 5.23. The van der Waals surface area contributed by atoms with Gasteiger partial charge in [-0.25, -0.2) is 0 Å². The fraction of sp³-hybridized carbons (Fsp3) is 0.600. The van der Waals surface area contributed by atoms with Crippen LogP contribution < -0.4 is 5.32 Å². The summed E-state index contributed by atoms with van der Waals surface area (Å²) in [5.41, 5.74) is 0. The minimum atomic E-state index is -0.167. The molecule has 1 heterocycles. The van der Waals surface area contributed by atoms with E-state index in [1.54, 1.807) is 6.26 Å². The number of hydrogen-bond donors (Lipinski definition) is 1. The van der Waals surface area contributed by atoms with Crippen molar-refractivity contribution in [2.45, 2.75) is 44.6 Å². The summed E-state index contributed by atoms with van der Waals surface area (Å²) >= 11 is 0. The van der Waals surface area contributed by atoms with Crippen LogP contribution in [0.2, 0.25) is 0 Å². The second-order valence-electron chi connectivity index (χ2n) is 5.23. The number of rotatable bonds is 5. The first-order valence-corrected chi connectivity index (χ1v) is 7.08. The zero-order valence-corrected chi connectivity index (χ0v) is 11.8. The van der Waals surface area contributed by atoms with Crippen LogP contribution >= 0.6 is 0 Å². The molecule has 5 heteroatoms. The molecular weight excluding hydrogens is 258 g/mol. The molecule has 5 nitrogen and oxygen atoms in total. The van der Waals surface area contributed by atoms with Gasteiger partial charge in [-0.1, -0.05) is 6.42 Å². The Morgan fingerprint density at radius 2 is 2.30 bits per heavy atom. The largest absolute Gasteiger partial charge is 0.469 e. The molecule has 0 aliphatic heterocycles. The summed E-state index contributed by atoms with van der Waals surface area (Å²) in [7, 11) is 1.41. The Labute approximate surface area is 118 Å². The number of esters is 1. The van der Waals surface area contributed by atoms with Crippen LogP contribution in [0.5, 0.6) is 0 Å². The van der Waals surface area contributed by atoms with Crippen molar-refractivity contribution in [1.82, 2.24) is 5.32 Å². The van der Waals surface area contributed by atoms with Gasteiger partial charge in [-0.15, -0.1) is 0 Å². The molecule has 1 saturated carbocycles. The molecule has 1 aliphatic carbocycles. The first-order valence-electron chi connectivity index (χ1n) is 7.08. The molecule has 1 aromatic rings. The van der Waals surface area contributed by atoms with Gasteiger partial charge in [0.1, 0.15) is 5.76 Å². The standard InChI is InChI=1S/C15H21NO4/c1-19-15(18)11-4-2-5-12(10-11)16-14(17)8-7-13-6-3-9-20-13/h3,6,9,11-12H,2,4-5,7-8,10H2,1H3,(H,16,17)/t11-,12-/m0/s1. The zero-order valence-electron chi connectivity index (χ0n) is 11.8. The van der Waals surface area contributed by atoms with Crippen molar-refractivity contribution in [2.24, 2.45) is 5.92 Å². The number of furan rings is 1. The zero-order chi connectivity index (χ0) is 14.4. The monoisotopic (exact) mass is 279 g/mol. The van der Waals surface area contributed by atoms with Gasteiger partial charge in [0, 0.05) is 18.9 Å². The molecule has 110 valence electrons. The molecule has 1 fully saturated rings. The molecular formula is C15H21NO4. The van der Waals surface area contributed by atoms with Crippen LogP contribution in [0.3, 0.4) is 0 Å². The third-order valence-corrected chi connectivity index (χ3v) is 3.75. The van der Waals surface area contributed by atoms with Crippen molar-refractivity contribution >= 4 is 11.9 Å². The molecule has 2 rings (SSSR count). The lowest BCUT2D eigenvalue weighted by Gasteiger charge is -2.28. The summed E-state index contributed by atoms with van der Waals surface area (Å²) in [4.78, 5) is 23.4. The van der Waals surface area contributed by atoms with E-state index in [-0.39, 0.29) is 23.8 Å². The average molecular weight is 279 g/mol. The Morgan fingerprint density at radius 1 is 1.45 bits per heavy atom. The topological polar surface area (TPSA) is 68.5 Å². The fourth-order valence-electron chi connectivity index (χ4n) is 2.69. The number of ether oxygens (including phenoxy) is 1. The average Bonchev–Trinajstić information content (AvgIpc) is 2.98. The van der Waals surface area contributed by atoms with E-state index in [1.165, 1.54) is 7.11 Å². The maximum Gasteiger partial charge on any atom is 0.308 e. The summed E-state index contributed by atoms with van der Waals surface area (Å²) in [6.07, 6.45) is 6.03. The first kappa shape index (κ1) is 14.6.